The highest BCUT2D eigenvalue weighted by Crippen LogP contribution is 2.46. The molecule has 4 heteroatoms. The van der Waals surface area contributed by atoms with Gasteiger partial charge in [-0.15, -0.1) is 0 Å². The summed E-state index contributed by atoms with van der Waals surface area (Å²) < 4.78 is 0. The number of aromatic nitrogens is 1. The normalized spacial score (nSPS) is 18.9. The van der Waals surface area contributed by atoms with E-state index in [1.165, 1.54) is 5.56 Å². The molecule has 0 bridgehead atoms. The molecule has 2 atom stereocenters. The van der Waals surface area contributed by atoms with E-state index in [2.05, 4.69) is 22.4 Å². The lowest BCUT2D eigenvalue weighted by molar-refractivity contribution is -0.123. The molecule has 0 radical (unpaired) electrons. The van der Waals surface area contributed by atoms with E-state index < -0.39 is 5.41 Å². The molecule has 3 aromatic rings. The lowest BCUT2D eigenvalue weighted by Gasteiger charge is -2.37. The summed E-state index contributed by atoms with van der Waals surface area (Å²) in [5.41, 5.74) is 8.64. The highest BCUT2D eigenvalue weighted by Gasteiger charge is 2.49. The lowest BCUT2D eigenvalue weighted by atomic mass is 9.64. The average Bonchev–Trinajstić information content (AvgIpc) is 3.25. The average molecular weight is 400 g/mol. The van der Waals surface area contributed by atoms with Crippen molar-refractivity contribution in [3.63, 3.8) is 0 Å². The van der Waals surface area contributed by atoms with Gasteiger partial charge in [0.1, 0.15) is 5.41 Å². The standard InChI is InChI=1S/C26H29N3O/c27-25(30)26(21-7-3-1-4-8-21,22-9-5-2-6-10-22)23-11-12-24(19-23)29-18-15-20-13-16-28-17-14-20/h1-10,13-14,16-17,23-24,29H,11-12,15,18-19H2,(H2,27,30). The molecule has 0 saturated heterocycles. The fourth-order valence-electron chi connectivity index (χ4n) is 5.06. The number of nitrogens with zero attached hydrogens (tertiary/aromatic N) is 1. The quantitative estimate of drug-likeness (QED) is 0.604. The first-order valence-electron chi connectivity index (χ1n) is 10.7. The summed E-state index contributed by atoms with van der Waals surface area (Å²) in [6.07, 6.45) is 7.60. The third-order valence-corrected chi connectivity index (χ3v) is 6.49. The molecule has 1 amide bonds. The van der Waals surface area contributed by atoms with Gasteiger partial charge in [0.25, 0.3) is 0 Å². The minimum atomic E-state index is -0.802. The van der Waals surface area contributed by atoms with Gasteiger partial charge in [-0.05, 0) is 67.0 Å². The zero-order chi connectivity index (χ0) is 20.8. The highest BCUT2D eigenvalue weighted by atomic mass is 16.1. The van der Waals surface area contributed by atoms with Crippen molar-refractivity contribution in [2.45, 2.75) is 37.1 Å². The smallest absolute Gasteiger partial charge is 0.232 e. The second-order valence-electron chi connectivity index (χ2n) is 8.17. The third kappa shape index (κ3) is 4.01. The van der Waals surface area contributed by atoms with Crippen LogP contribution in [0.4, 0.5) is 0 Å². The summed E-state index contributed by atoms with van der Waals surface area (Å²) in [5, 5.41) is 3.70. The molecular formula is C26H29N3O. The number of rotatable bonds is 8. The van der Waals surface area contributed by atoms with Crippen LogP contribution in [-0.4, -0.2) is 23.5 Å². The maximum Gasteiger partial charge on any atom is 0.232 e. The van der Waals surface area contributed by atoms with Gasteiger partial charge in [0.15, 0.2) is 0 Å². The monoisotopic (exact) mass is 399 g/mol. The number of nitrogens with two attached hydrogens (primary N) is 1. The van der Waals surface area contributed by atoms with Gasteiger partial charge in [0, 0.05) is 18.4 Å². The fraction of sp³-hybridized carbons (Fsp3) is 0.308. The van der Waals surface area contributed by atoms with E-state index in [1.807, 2.05) is 73.1 Å². The van der Waals surface area contributed by atoms with Crippen molar-refractivity contribution in [2.75, 3.05) is 6.54 Å². The van der Waals surface area contributed by atoms with E-state index >= 15 is 0 Å². The molecule has 4 rings (SSSR count). The Morgan fingerprint density at radius 3 is 2.10 bits per heavy atom. The van der Waals surface area contributed by atoms with Crippen LogP contribution in [0.15, 0.2) is 85.2 Å². The number of amides is 1. The zero-order valence-corrected chi connectivity index (χ0v) is 17.2. The fourth-order valence-corrected chi connectivity index (χ4v) is 5.06. The molecule has 0 aliphatic heterocycles. The van der Waals surface area contributed by atoms with Gasteiger partial charge in [-0.1, -0.05) is 60.7 Å². The van der Waals surface area contributed by atoms with Crippen LogP contribution in [0.25, 0.3) is 0 Å². The molecule has 30 heavy (non-hydrogen) atoms. The Hall–Kier alpha value is -2.98. The Kier molecular flexibility index (Phi) is 6.24. The molecular weight excluding hydrogens is 370 g/mol. The first-order chi connectivity index (χ1) is 14.7. The first kappa shape index (κ1) is 20.3. The molecule has 1 fully saturated rings. The molecule has 1 aromatic heterocycles. The number of benzene rings is 2. The topological polar surface area (TPSA) is 68.0 Å². The Bertz CT molecular complexity index is 904. The molecule has 1 aliphatic carbocycles. The van der Waals surface area contributed by atoms with Gasteiger partial charge in [0.05, 0.1) is 0 Å². The maximum absolute atomic E-state index is 13.1. The number of carbonyl (C=O) groups is 1. The molecule has 1 heterocycles. The second-order valence-corrected chi connectivity index (χ2v) is 8.17. The SMILES string of the molecule is NC(=O)C(c1ccccc1)(c1ccccc1)C1CCC(NCCc2ccncc2)C1. The summed E-state index contributed by atoms with van der Waals surface area (Å²) in [5.74, 6) is -0.0967. The van der Waals surface area contributed by atoms with E-state index in [0.29, 0.717) is 6.04 Å². The summed E-state index contributed by atoms with van der Waals surface area (Å²) in [6.45, 7) is 0.918. The Morgan fingerprint density at radius 2 is 1.53 bits per heavy atom. The molecule has 3 N–H and O–H groups in total. The van der Waals surface area contributed by atoms with Crippen molar-refractivity contribution in [3.05, 3.63) is 102 Å². The van der Waals surface area contributed by atoms with E-state index in [9.17, 15) is 4.79 Å². The van der Waals surface area contributed by atoms with E-state index in [4.69, 9.17) is 5.73 Å². The second kappa shape index (κ2) is 9.23. The van der Waals surface area contributed by atoms with Crippen LogP contribution < -0.4 is 11.1 Å². The van der Waals surface area contributed by atoms with E-state index in [1.54, 1.807) is 0 Å². The number of nitrogens with one attached hydrogen (secondary N) is 1. The zero-order valence-electron chi connectivity index (χ0n) is 17.2. The van der Waals surface area contributed by atoms with Gasteiger partial charge < -0.3 is 11.1 Å². The number of pyridine rings is 1. The van der Waals surface area contributed by atoms with Crippen LogP contribution in [0.5, 0.6) is 0 Å². The van der Waals surface area contributed by atoms with Crippen LogP contribution in [-0.2, 0) is 16.6 Å². The molecule has 4 nitrogen and oxygen atoms in total. The van der Waals surface area contributed by atoms with Crippen LogP contribution in [0.3, 0.4) is 0 Å². The van der Waals surface area contributed by atoms with Gasteiger partial charge in [-0.2, -0.15) is 0 Å². The van der Waals surface area contributed by atoms with E-state index in [0.717, 1.165) is 43.4 Å². The van der Waals surface area contributed by atoms with Crippen molar-refractivity contribution < 1.29 is 4.79 Å². The van der Waals surface area contributed by atoms with Crippen molar-refractivity contribution in [3.8, 4) is 0 Å². The van der Waals surface area contributed by atoms with Crippen molar-refractivity contribution in [1.82, 2.24) is 10.3 Å². The summed E-state index contributed by atoms with van der Waals surface area (Å²) >= 11 is 0. The van der Waals surface area contributed by atoms with Crippen LogP contribution >= 0.6 is 0 Å². The number of carbonyl (C=O) groups excluding carboxylic acids is 1. The van der Waals surface area contributed by atoms with Gasteiger partial charge in [-0.3, -0.25) is 9.78 Å². The van der Waals surface area contributed by atoms with E-state index in [-0.39, 0.29) is 11.8 Å². The molecule has 0 spiro atoms. The van der Waals surface area contributed by atoms with Crippen molar-refractivity contribution in [1.29, 1.82) is 0 Å². The largest absolute Gasteiger partial charge is 0.369 e. The van der Waals surface area contributed by atoms with Crippen LogP contribution in [0, 0.1) is 5.92 Å². The number of hydrogen-bond acceptors (Lipinski definition) is 3. The van der Waals surface area contributed by atoms with Gasteiger partial charge in [0.2, 0.25) is 5.91 Å². The predicted molar refractivity (Wildman–Crippen MR) is 120 cm³/mol. The van der Waals surface area contributed by atoms with Crippen LogP contribution in [0.2, 0.25) is 0 Å². The summed E-state index contributed by atoms with van der Waals surface area (Å²) in [7, 11) is 0. The number of primary amides is 1. The Balaban J connectivity index is 1.56. The molecule has 154 valence electrons. The van der Waals surface area contributed by atoms with Gasteiger partial charge >= 0.3 is 0 Å². The maximum atomic E-state index is 13.1. The summed E-state index contributed by atoms with van der Waals surface area (Å²) in [6, 6.07) is 24.6. The summed E-state index contributed by atoms with van der Waals surface area (Å²) in [4.78, 5) is 17.2. The van der Waals surface area contributed by atoms with Gasteiger partial charge in [-0.25, -0.2) is 0 Å². The Labute approximate surface area is 178 Å². The number of hydrogen-bond donors (Lipinski definition) is 2. The minimum absolute atomic E-state index is 0.165. The lowest BCUT2D eigenvalue weighted by Crippen LogP contribution is -2.48. The molecule has 1 saturated carbocycles. The minimum Gasteiger partial charge on any atom is -0.369 e. The van der Waals surface area contributed by atoms with Crippen molar-refractivity contribution in [2.24, 2.45) is 11.7 Å². The first-order valence-corrected chi connectivity index (χ1v) is 10.7. The highest BCUT2D eigenvalue weighted by molar-refractivity contribution is 5.91. The molecule has 2 aromatic carbocycles. The van der Waals surface area contributed by atoms with Crippen LogP contribution in [0.1, 0.15) is 36.0 Å². The molecule has 1 aliphatic rings. The predicted octanol–water partition coefficient (Wildman–Crippen LogP) is 3.85. The third-order valence-electron chi connectivity index (χ3n) is 6.49. The van der Waals surface area contributed by atoms with Crippen molar-refractivity contribution >= 4 is 5.91 Å². The molecule has 2 unspecified atom stereocenters. The Morgan fingerprint density at radius 1 is 0.933 bits per heavy atom.